The Hall–Kier alpha value is -2.56. The second kappa shape index (κ2) is 7.00. The first kappa shape index (κ1) is 14.5. The average Bonchev–Trinajstić information content (AvgIpc) is 2.43. The first-order valence-corrected chi connectivity index (χ1v) is 5.48. The number of benzene rings is 1. The number of carbonyl (C=O) groups is 2. The molecule has 1 rings (SSSR count). The molecule has 100 valence electrons. The summed E-state index contributed by atoms with van der Waals surface area (Å²) in [5.41, 5.74) is 7.78. The molecule has 0 bridgehead atoms. The van der Waals surface area contributed by atoms with E-state index < -0.39 is 11.9 Å². The third kappa shape index (κ3) is 4.67. The first-order valence-electron chi connectivity index (χ1n) is 5.48. The van der Waals surface area contributed by atoms with Gasteiger partial charge in [-0.2, -0.15) is 0 Å². The fourth-order valence-corrected chi connectivity index (χ4v) is 1.31. The summed E-state index contributed by atoms with van der Waals surface area (Å²) >= 11 is 0. The van der Waals surface area contributed by atoms with E-state index in [4.69, 9.17) is 5.73 Å². The van der Waals surface area contributed by atoms with Crippen LogP contribution in [0.5, 0.6) is 0 Å². The summed E-state index contributed by atoms with van der Waals surface area (Å²) in [6, 6.07) is 5.20. The summed E-state index contributed by atoms with van der Waals surface area (Å²) in [6.45, 7) is 0. The summed E-state index contributed by atoms with van der Waals surface area (Å²) in [4.78, 5) is 21.9. The predicted octanol–water partition coefficient (Wildman–Crippen LogP) is 1.64. The smallest absolute Gasteiger partial charge is 0.330 e. The molecule has 2 N–H and O–H groups in total. The third-order valence-corrected chi connectivity index (χ3v) is 2.32. The molecule has 0 saturated carbocycles. The molecule has 19 heavy (non-hydrogen) atoms. The summed E-state index contributed by atoms with van der Waals surface area (Å²) < 4.78 is 8.97. The van der Waals surface area contributed by atoms with Crippen LogP contribution in [0.1, 0.15) is 11.1 Å². The number of rotatable bonds is 4. The first-order chi connectivity index (χ1) is 9.06. The highest BCUT2D eigenvalue weighted by Gasteiger charge is 1.99. The van der Waals surface area contributed by atoms with Gasteiger partial charge in [0.1, 0.15) is 0 Å². The van der Waals surface area contributed by atoms with Gasteiger partial charge in [-0.3, -0.25) is 0 Å². The van der Waals surface area contributed by atoms with Crippen molar-refractivity contribution >= 4 is 29.8 Å². The van der Waals surface area contributed by atoms with Gasteiger partial charge in [0, 0.05) is 17.8 Å². The number of methoxy groups -OCH3 is 2. The number of nitrogens with two attached hydrogens (primary N) is 1. The Labute approximate surface area is 111 Å². The summed E-state index contributed by atoms with van der Waals surface area (Å²) in [6.07, 6.45) is 5.75. The highest BCUT2D eigenvalue weighted by Crippen LogP contribution is 2.17. The molecular formula is C14H15NO4. The molecule has 5 heteroatoms. The molecule has 0 aromatic heterocycles. The van der Waals surface area contributed by atoms with E-state index in [2.05, 4.69) is 9.47 Å². The van der Waals surface area contributed by atoms with E-state index in [0.717, 1.165) is 5.56 Å². The molecule has 1 aromatic rings. The lowest BCUT2D eigenvalue weighted by atomic mass is 10.1. The molecule has 0 spiro atoms. The SMILES string of the molecule is COC(=O)C=Cc1ccc(C=CC(=O)OC)c(N)c1. The monoisotopic (exact) mass is 261 g/mol. The Bertz CT molecular complexity index is 532. The van der Waals surface area contributed by atoms with Crippen LogP contribution in [0, 0.1) is 0 Å². The molecule has 5 nitrogen and oxygen atoms in total. The van der Waals surface area contributed by atoms with E-state index in [1.807, 2.05) is 0 Å². The van der Waals surface area contributed by atoms with Gasteiger partial charge in [0.2, 0.25) is 0 Å². The van der Waals surface area contributed by atoms with Crippen molar-refractivity contribution in [3.8, 4) is 0 Å². The van der Waals surface area contributed by atoms with Gasteiger partial charge in [0.05, 0.1) is 14.2 Å². The molecule has 0 aliphatic rings. The van der Waals surface area contributed by atoms with Crippen LogP contribution in [-0.4, -0.2) is 26.2 Å². The Kier molecular flexibility index (Phi) is 5.35. The number of hydrogen-bond donors (Lipinski definition) is 1. The summed E-state index contributed by atoms with van der Waals surface area (Å²) in [7, 11) is 2.61. The van der Waals surface area contributed by atoms with E-state index >= 15 is 0 Å². The molecule has 0 radical (unpaired) electrons. The highest BCUT2D eigenvalue weighted by atomic mass is 16.5. The molecule has 0 atom stereocenters. The molecular weight excluding hydrogens is 246 g/mol. The molecule has 0 fully saturated rings. The fourth-order valence-electron chi connectivity index (χ4n) is 1.31. The van der Waals surface area contributed by atoms with Crippen molar-refractivity contribution in [2.45, 2.75) is 0 Å². The van der Waals surface area contributed by atoms with Crippen molar-refractivity contribution in [3.05, 3.63) is 41.5 Å². The summed E-state index contributed by atoms with van der Waals surface area (Å²) in [5, 5.41) is 0. The molecule has 0 heterocycles. The minimum atomic E-state index is -0.450. The lowest BCUT2D eigenvalue weighted by Gasteiger charge is -2.02. The Morgan fingerprint density at radius 3 is 2.16 bits per heavy atom. The zero-order valence-corrected chi connectivity index (χ0v) is 10.8. The molecule has 1 aromatic carbocycles. The van der Waals surface area contributed by atoms with Gasteiger partial charge in [0.15, 0.2) is 0 Å². The van der Waals surface area contributed by atoms with Gasteiger partial charge >= 0.3 is 11.9 Å². The van der Waals surface area contributed by atoms with E-state index in [1.54, 1.807) is 30.4 Å². The number of nitrogen functional groups attached to an aromatic ring is 1. The standard InChI is InChI=1S/C14H15NO4/c1-18-13(16)7-4-10-3-5-11(12(15)9-10)6-8-14(17)19-2/h3-9H,15H2,1-2H3. The number of carbonyl (C=O) groups excluding carboxylic acids is 2. The van der Waals surface area contributed by atoms with Gasteiger partial charge in [-0.1, -0.05) is 12.1 Å². The minimum absolute atomic E-state index is 0.437. The molecule has 0 unspecified atom stereocenters. The van der Waals surface area contributed by atoms with E-state index in [-0.39, 0.29) is 0 Å². The van der Waals surface area contributed by atoms with Crippen molar-refractivity contribution in [2.24, 2.45) is 0 Å². The van der Waals surface area contributed by atoms with Gasteiger partial charge in [-0.05, 0) is 29.3 Å². The van der Waals surface area contributed by atoms with Crippen molar-refractivity contribution in [3.63, 3.8) is 0 Å². The van der Waals surface area contributed by atoms with E-state index in [1.165, 1.54) is 26.4 Å². The van der Waals surface area contributed by atoms with Crippen molar-refractivity contribution < 1.29 is 19.1 Å². The van der Waals surface area contributed by atoms with Crippen LogP contribution in [0.4, 0.5) is 5.69 Å². The second-order valence-electron chi connectivity index (χ2n) is 3.60. The Morgan fingerprint density at radius 1 is 1.05 bits per heavy atom. The topological polar surface area (TPSA) is 78.6 Å². The van der Waals surface area contributed by atoms with Crippen LogP contribution in [0.25, 0.3) is 12.2 Å². The van der Waals surface area contributed by atoms with Crippen LogP contribution < -0.4 is 5.73 Å². The number of anilines is 1. The normalized spacial score (nSPS) is 10.8. The molecule has 0 aliphatic carbocycles. The van der Waals surface area contributed by atoms with Crippen LogP contribution in [0.15, 0.2) is 30.4 Å². The van der Waals surface area contributed by atoms with E-state index in [9.17, 15) is 9.59 Å². The lowest BCUT2D eigenvalue weighted by molar-refractivity contribution is -0.135. The zero-order chi connectivity index (χ0) is 14.3. The maximum absolute atomic E-state index is 11.0. The Morgan fingerprint density at radius 2 is 1.63 bits per heavy atom. The van der Waals surface area contributed by atoms with E-state index in [0.29, 0.717) is 11.3 Å². The van der Waals surface area contributed by atoms with Crippen LogP contribution in [0.3, 0.4) is 0 Å². The maximum atomic E-state index is 11.0. The predicted molar refractivity (Wildman–Crippen MR) is 73.0 cm³/mol. The average molecular weight is 261 g/mol. The fraction of sp³-hybridized carbons (Fsp3) is 0.143. The van der Waals surface area contributed by atoms with Crippen molar-refractivity contribution in [1.29, 1.82) is 0 Å². The van der Waals surface area contributed by atoms with Crippen LogP contribution in [-0.2, 0) is 19.1 Å². The quantitative estimate of drug-likeness (QED) is 0.506. The number of hydrogen-bond acceptors (Lipinski definition) is 5. The largest absolute Gasteiger partial charge is 0.466 e. The minimum Gasteiger partial charge on any atom is -0.466 e. The highest BCUT2D eigenvalue weighted by molar-refractivity contribution is 5.89. The lowest BCUT2D eigenvalue weighted by Crippen LogP contribution is -1.95. The summed E-state index contributed by atoms with van der Waals surface area (Å²) in [5.74, 6) is -0.887. The zero-order valence-electron chi connectivity index (χ0n) is 10.8. The number of ether oxygens (including phenoxy) is 2. The van der Waals surface area contributed by atoms with Gasteiger partial charge in [-0.25, -0.2) is 9.59 Å². The van der Waals surface area contributed by atoms with Crippen molar-refractivity contribution in [2.75, 3.05) is 20.0 Å². The number of esters is 2. The second-order valence-corrected chi connectivity index (χ2v) is 3.60. The maximum Gasteiger partial charge on any atom is 0.330 e. The molecule has 0 amide bonds. The van der Waals surface area contributed by atoms with Crippen molar-refractivity contribution in [1.82, 2.24) is 0 Å². The van der Waals surface area contributed by atoms with Gasteiger partial charge in [-0.15, -0.1) is 0 Å². The van der Waals surface area contributed by atoms with Gasteiger partial charge in [0.25, 0.3) is 0 Å². The van der Waals surface area contributed by atoms with Crippen LogP contribution >= 0.6 is 0 Å². The molecule has 0 saturated heterocycles. The Balaban J connectivity index is 2.86. The van der Waals surface area contributed by atoms with Gasteiger partial charge < -0.3 is 15.2 Å². The third-order valence-electron chi connectivity index (χ3n) is 2.32. The molecule has 0 aliphatic heterocycles. The van der Waals surface area contributed by atoms with Crippen LogP contribution in [0.2, 0.25) is 0 Å².